The molecule has 1 aromatic heterocycles. The van der Waals surface area contributed by atoms with Crippen LogP contribution in [-0.4, -0.2) is 29.0 Å². The van der Waals surface area contributed by atoms with Crippen molar-refractivity contribution in [3.8, 4) is 6.07 Å². The molecule has 3 rings (SSSR count). The first-order valence-electron chi connectivity index (χ1n) is 7.66. The van der Waals surface area contributed by atoms with Gasteiger partial charge in [-0.05, 0) is 43.5 Å². The second kappa shape index (κ2) is 6.88. The summed E-state index contributed by atoms with van der Waals surface area (Å²) in [6, 6.07) is 10.4. The molecule has 1 aliphatic heterocycles. The lowest BCUT2D eigenvalue weighted by Gasteiger charge is -2.26. The topological polar surface area (TPSA) is 81.9 Å². The van der Waals surface area contributed by atoms with Gasteiger partial charge in [-0.15, -0.1) is 0 Å². The minimum Gasteiger partial charge on any atom is -0.341 e. The third-order valence-electron chi connectivity index (χ3n) is 3.76. The summed E-state index contributed by atoms with van der Waals surface area (Å²) in [7, 11) is 0. The third kappa shape index (κ3) is 3.64. The number of hydrogen-bond acceptors (Lipinski definition) is 5. The first-order valence-corrected chi connectivity index (χ1v) is 7.66. The lowest BCUT2D eigenvalue weighted by Crippen LogP contribution is -2.31. The number of nitriles is 1. The van der Waals surface area contributed by atoms with Crippen molar-refractivity contribution in [2.75, 3.05) is 23.3 Å². The summed E-state index contributed by atoms with van der Waals surface area (Å²) in [5.74, 6) is 0.295. The van der Waals surface area contributed by atoms with Crippen LogP contribution in [0.25, 0.3) is 0 Å². The summed E-state index contributed by atoms with van der Waals surface area (Å²) >= 11 is 0. The summed E-state index contributed by atoms with van der Waals surface area (Å²) < 4.78 is 0. The van der Waals surface area contributed by atoms with Crippen LogP contribution in [0.2, 0.25) is 0 Å². The molecule has 0 unspecified atom stereocenters. The molecule has 1 aliphatic rings. The Hall–Kier alpha value is -2.94. The molecule has 116 valence electrons. The van der Waals surface area contributed by atoms with Crippen LogP contribution in [-0.2, 0) is 0 Å². The van der Waals surface area contributed by atoms with Gasteiger partial charge >= 0.3 is 0 Å². The highest BCUT2D eigenvalue weighted by Gasteiger charge is 2.16. The van der Waals surface area contributed by atoms with E-state index in [9.17, 15) is 4.79 Å². The van der Waals surface area contributed by atoms with Crippen LogP contribution in [0.3, 0.4) is 0 Å². The number of nitrogens with one attached hydrogen (secondary N) is 1. The van der Waals surface area contributed by atoms with Gasteiger partial charge in [-0.3, -0.25) is 4.79 Å². The molecule has 6 heteroatoms. The molecule has 0 spiro atoms. The average Bonchev–Trinajstić information content (AvgIpc) is 2.63. The number of piperidine rings is 1. The molecule has 1 saturated heterocycles. The Morgan fingerprint density at radius 3 is 2.83 bits per heavy atom. The van der Waals surface area contributed by atoms with Gasteiger partial charge in [0.15, 0.2) is 0 Å². The zero-order chi connectivity index (χ0) is 16.1. The molecule has 0 aliphatic carbocycles. The zero-order valence-corrected chi connectivity index (χ0v) is 12.7. The largest absolute Gasteiger partial charge is 0.341 e. The van der Waals surface area contributed by atoms with E-state index in [1.165, 1.54) is 6.42 Å². The van der Waals surface area contributed by atoms with Crippen LogP contribution < -0.4 is 10.2 Å². The molecule has 6 nitrogen and oxygen atoms in total. The van der Waals surface area contributed by atoms with E-state index in [0.29, 0.717) is 22.9 Å². The van der Waals surface area contributed by atoms with E-state index in [2.05, 4.69) is 20.2 Å². The van der Waals surface area contributed by atoms with Gasteiger partial charge in [0.2, 0.25) is 5.95 Å². The van der Waals surface area contributed by atoms with Crippen LogP contribution in [0, 0.1) is 11.3 Å². The van der Waals surface area contributed by atoms with Crippen molar-refractivity contribution in [1.82, 2.24) is 9.97 Å². The highest BCUT2D eigenvalue weighted by molar-refractivity contribution is 6.03. The van der Waals surface area contributed by atoms with Crippen LogP contribution in [0.1, 0.15) is 35.3 Å². The number of nitrogens with zero attached hydrogens (tertiary/aromatic N) is 4. The zero-order valence-electron chi connectivity index (χ0n) is 12.7. The predicted octanol–water partition coefficient (Wildman–Crippen LogP) is 2.59. The van der Waals surface area contributed by atoms with Crippen molar-refractivity contribution in [2.45, 2.75) is 19.3 Å². The van der Waals surface area contributed by atoms with Crippen LogP contribution >= 0.6 is 0 Å². The highest BCUT2D eigenvalue weighted by Crippen LogP contribution is 2.16. The van der Waals surface area contributed by atoms with Crippen molar-refractivity contribution in [1.29, 1.82) is 5.26 Å². The van der Waals surface area contributed by atoms with Gasteiger partial charge in [0.05, 0.1) is 11.6 Å². The van der Waals surface area contributed by atoms with E-state index in [1.807, 2.05) is 6.07 Å². The number of hydrogen-bond donors (Lipinski definition) is 1. The Balaban J connectivity index is 1.75. The summed E-state index contributed by atoms with van der Waals surface area (Å²) in [5, 5.41) is 11.7. The fraction of sp³-hybridized carbons (Fsp3) is 0.294. The Morgan fingerprint density at radius 2 is 2.04 bits per heavy atom. The van der Waals surface area contributed by atoms with Crippen LogP contribution in [0.15, 0.2) is 36.5 Å². The van der Waals surface area contributed by atoms with Gasteiger partial charge in [0, 0.05) is 25.0 Å². The quantitative estimate of drug-likeness (QED) is 0.942. The van der Waals surface area contributed by atoms with Crippen molar-refractivity contribution in [3.63, 3.8) is 0 Å². The third-order valence-corrected chi connectivity index (χ3v) is 3.76. The van der Waals surface area contributed by atoms with E-state index in [0.717, 1.165) is 25.9 Å². The predicted molar refractivity (Wildman–Crippen MR) is 87.2 cm³/mol. The standard InChI is InChI=1S/C17H17N5O/c18-12-13-5-4-6-14(11-13)20-16(23)15-7-8-19-17(21-15)22-9-2-1-3-10-22/h4-8,11H,1-3,9-10H2,(H,20,23). The van der Waals surface area contributed by atoms with E-state index >= 15 is 0 Å². The summed E-state index contributed by atoms with van der Waals surface area (Å²) in [4.78, 5) is 23.1. The molecule has 23 heavy (non-hydrogen) atoms. The average molecular weight is 307 g/mol. The number of benzene rings is 1. The molecule has 1 amide bonds. The van der Waals surface area contributed by atoms with Crippen molar-refractivity contribution in [2.24, 2.45) is 0 Å². The van der Waals surface area contributed by atoms with Gasteiger partial charge in [-0.2, -0.15) is 5.26 Å². The highest BCUT2D eigenvalue weighted by atomic mass is 16.1. The molecule has 0 saturated carbocycles. The molecule has 2 aromatic rings. The second-order valence-corrected chi connectivity index (χ2v) is 5.44. The molecular formula is C17H17N5O. The van der Waals surface area contributed by atoms with Gasteiger partial charge in [0.25, 0.3) is 5.91 Å². The Kier molecular flexibility index (Phi) is 4.48. The summed E-state index contributed by atoms with van der Waals surface area (Å²) in [6.07, 6.45) is 5.09. The Morgan fingerprint density at radius 1 is 1.22 bits per heavy atom. The lowest BCUT2D eigenvalue weighted by atomic mass is 10.1. The van der Waals surface area contributed by atoms with Gasteiger partial charge in [-0.1, -0.05) is 6.07 Å². The SMILES string of the molecule is N#Cc1cccc(NC(=O)c2ccnc(N3CCCCC3)n2)c1. The van der Waals surface area contributed by atoms with Gasteiger partial charge in [0.1, 0.15) is 5.69 Å². The number of aromatic nitrogens is 2. The molecule has 0 radical (unpaired) electrons. The van der Waals surface area contributed by atoms with E-state index in [4.69, 9.17) is 5.26 Å². The minimum atomic E-state index is -0.305. The van der Waals surface area contributed by atoms with E-state index in [1.54, 1.807) is 36.5 Å². The fourth-order valence-electron chi connectivity index (χ4n) is 2.58. The molecular weight excluding hydrogens is 290 g/mol. The summed E-state index contributed by atoms with van der Waals surface area (Å²) in [6.45, 7) is 1.85. The number of carbonyl (C=O) groups is 1. The van der Waals surface area contributed by atoms with Gasteiger partial charge in [-0.25, -0.2) is 9.97 Å². The Labute approximate surface area is 134 Å². The smallest absolute Gasteiger partial charge is 0.274 e. The number of carbonyl (C=O) groups excluding carboxylic acids is 1. The van der Waals surface area contributed by atoms with Crippen LogP contribution in [0.4, 0.5) is 11.6 Å². The summed E-state index contributed by atoms with van der Waals surface area (Å²) in [5.41, 5.74) is 1.40. The maximum absolute atomic E-state index is 12.3. The number of anilines is 2. The second-order valence-electron chi connectivity index (χ2n) is 5.44. The van der Waals surface area contributed by atoms with Crippen molar-refractivity contribution >= 4 is 17.5 Å². The van der Waals surface area contributed by atoms with Crippen LogP contribution in [0.5, 0.6) is 0 Å². The Bertz CT molecular complexity index is 747. The maximum atomic E-state index is 12.3. The first-order chi connectivity index (χ1) is 11.3. The minimum absolute atomic E-state index is 0.305. The normalized spacial score (nSPS) is 14.1. The molecule has 2 heterocycles. The lowest BCUT2D eigenvalue weighted by molar-refractivity contribution is 0.102. The number of rotatable bonds is 3. The molecule has 1 N–H and O–H groups in total. The monoisotopic (exact) mass is 307 g/mol. The van der Waals surface area contributed by atoms with E-state index < -0.39 is 0 Å². The molecule has 0 atom stereocenters. The molecule has 1 aromatic carbocycles. The van der Waals surface area contributed by atoms with Crippen molar-refractivity contribution < 1.29 is 4.79 Å². The molecule has 0 bridgehead atoms. The van der Waals surface area contributed by atoms with E-state index in [-0.39, 0.29) is 5.91 Å². The van der Waals surface area contributed by atoms with Gasteiger partial charge < -0.3 is 10.2 Å². The number of amides is 1. The van der Waals surface area contributed by atoms with Crippen molar-refractivity contribution in [3.05, 3.63) is 47.8 Å². The molecule has 1 fully saturated rings. The first kappa shape index (κ1) is 15.0. The maximum Gasteiger partial charge on any atom is 0.274 e. The fourth-order valence-corrected chi connectivity index (χ4v) is 2.58.